The second kappa shape index (κ2) is 8.98. The van der Waals surface area contributed by atoms with Crippen molar-refractivity contribution in [2.24, 2.45) is 17.8 Å². The molecule has 1 aliphatic heterocycles. The second-order valence-electron chi connectivity index (χ2n) is 7.69. The molecule has 24 heavy (non-hydrogen) atoms. The van der Waals surface area contributed by atoms with Gasteiger partial charge in [-0.05, 0) is 63.9 Å². The predicted octanol–water partition coefficient (Wildman–Crippen LogP) is 4.63. The Labute approximate surface area is 147 Å². The lowest BCUT2D eigenvalue weighted by atomic mass is 9.73. The minimum absolute atomic E-state index is 0.158. The van der Waals surface area contributed by atoms with Gasteiger partial charge >= 0.3 is 0 Å². The van der Waals surface area contributed by atoms with Gasteiger partial charge in [0.2, 0.25) is 0 Å². The van der Waals surface area contributed by atoms with E-state index >= 15 is 0 Å². The van der Waals surface area contributed by atoms with E-state index in [2.05, 4.69) is 45.9 Å². The van der Waals surface area contributed by atoms with Crippen LogP contribution in [0.3, 0.4) is 0 Å². The normalized spacial score (nSPS) is 36.2. The highest BCUT2D eigenvalue weighted by molar-refractivity contribution is 5.20. The first-order valence-electron chi connectivity index (χ1n) is 9.24. The Kier molecular flexibility index (Phi) is 7.27. The maximum absolute atomic E-state index is 11.0. The summed E-state index contributed by atoms with van der Waals surface area (Å²) in [4.78, 5) is 0. The van der Waals surface area contributed by atoms with Gasteiger partial charge in [-0.25, -0.2) is 0 Å². The Morgan fingerprint density at radius 1 is 1.42 bits per heavy atom. The molecule has 2 aliphatic rings. The van der Waals surface area contributed by atoms with Crippen LogP contribution in [0.4, 0.5) is 0 Å². The van der Waals surface area contributed by atoms with Crippen molar-refractivity contribution in [3.05, 3.63) is 34.9 Å². The van der Waals surface area contributed by atoms with Crippen LogP contribution in [-0.2, 0) is 9.47 Å². The summed E-state index contributed by atoms with van der Waals surface area (Å²) in [6.07, 6.45) is 9.99. The predicted molar refractivity (Wildman–Crippen MR) is 98.6 cm³/mol. The zero-order valence-electron chi connectivity index (χ0n) is 15.9. The third-order valence-corrected chi connectivity index (χ3v) is 5.45. The zero-order chi connectivity index (χ0) is 17.7. The summed E-state index contributed by atoms with van der Waals surface area (Å²) in [5, 5.41) is 11.0. The highest BCUT2D eigenvalue weighted by atomic mass is 16.7. The molecule has 3 nitrogen and oxygen atoms in total. The molecule has 0 amide bonds. The van der Waals surface area contributed by atoms with E-state index in [1.807, 2.05) is 0 Å². The van der Waals surface area contributed by atoms with Crippen LogP contribution in [0, 0.1) is 17.8 Å². The molecule has 0 aromatic carbocycles. The monoisotopic (exact) mass is 334 g/mol. The lowest BCUT2D eigenvalue weighted by Crippen LogP contribution is -2.38. The average molecular weight is 335 g/mol. The van der Waals surface area contributed by atoms with Crippen LogP contribution >= 0.6 is 0 Å². The van der Waals surface area contributed by atoms with Crippen molar-refractivity contribution in [2.45, 2.75) is 65.8 Å². The van der Waals surface area contributed by atoms with Gasteiger partial charge in [0.05, 0.1) is 12.7 Å². The van der Waals surface area contributed by atoms with Crippen LogP contribution in [0.25, 0.3) is 0 Å². The molecule has 0 spiro atoms. The highest BCUT2D eigenvalue weighted by Crippen LogP contribution is 2.42. The third-order valence-electron chi connectivity index (χ3n) is 5.45. The number of ether oxygens (including phenoxy) is 2. The first-order chi connectivity index (χ1) is 11.4. The maximum atomic E-state index is 11.0. The molecule has 0 radical (unpaired) electrons. The molecule has 136 valence electrons. The Morgan fingerprint density at radius 2 is 2.17 bits per heavy atom. The fourth-order valence-corrected chi connectivity index (χ4v) is 4.05. The van der Waals surface area contributed by atoms with E-state index in [9.17, 15) is 5.11 Å². The number of hydrogen-bond donors (Lipinski definition) is 1. The first-order valence-corrected chi connectivity index (χ1v) is 9.24. The maximum Gasteiger partial charge on any atom is 0.164 e. The molecule has 3 heteroatoms. The molecule has 1 aliphatic carbocycles. The SMILES string of the molecule is CO[C@H]1OC/C2=C\C/C(C)=C/C[C@@H](O)[C@@H]([C@H](C)CCC=C(C)C)[C@@H]21. The number of aliphatic hydroxyl groups is 1. The Bertz CT molecular complexity index is 499. The molecule has 2 rings (SSSR count). The highest BCUT2D eigenvalue weighted by Gasteiger charge is 2.43. The van der Waals surface area contributed by atoms with Gasteiger partial charge in [0, 0.05) is 13.0 Å². The Morgan fingerprint density at radius 3 is 2.83 bits per heavy atom. The summed E-state index contributed by atoms with van der Waals surface area (Å²) in [6, 6.07) is 0. The molecule has 1 N–H and O–H groups in total. The van der Waals surface area contributed by atoms with Crippen molar-refractivity contribution < 1.29 is 14.6 Å². The van der Waals surface area contributed by atoms with Gasteiger partial charge in [-0.1, -0.05) is 36.3 Å². The van der Waals surface area contributed by atoms with Gasteiger partial charge in [0.1, 0.15) is 0 Å². The first kappa shape index (κ1) is 19.4. The smallest absolute Gasteiger partial charge is 0.164 e. The van der Waals surface area contributed by atoms with Crippen molar-refractivity contribution in [1.29, 1.82) is 0 Å². The molecular weight excluding hydrogens is 300 g/mol. The Hall–Kier alpha value is -0.900. The number of methoxy groups -OCH3 is 1. The van der Waals surface area contributed by atoms with Crippen LogP contribution in [0.1, 0.15) is 53.4 Å². The zero-order valence-corrected chi connectivity index (χ0v) is 15.9. The van der Waals surface area contributed by atoms with E-state index in [0.717, 1.165) is 25.7 Å². The van der Waals surface area contributed by atoms with Gasteiger partial charge in [-0.15, -0.1) is 0 Å². The van der Waals surface area contributed by atoms with Crippen molar-refractivity contribution in [1.82, 2.24) is 0 Å². The van der Waals surface area contributed by atoms with Crippen molar-refractivity contribution >= 4 is 0 Å². The fourth-order valence-electron chi connectivity index (χ4n) is 4.05. The number of hydrogen-bond acceptors (Lipinski definition) is 3. The summed E-state index contributed by atoms with van der Waals surface area (Å²) < 4.78 is 11.5. The van der Waals surface area contributed by atoms with E-state index in [1.54, 1.807) is 7.11 Å². The van der Waals surface area contributed by atoms with Crippen molar-refractivity contribution in [3.8, 4) is 0 Å². The van der Waals surface area contributed by atoms with Crippen LogP contribution in [-0.4, -0.2) is 31.2 Å². The second-order valence-corrected chi connectivity index (χ2v) is 7.69. The fraction of sp³-hybridized carbons (Fsp3) is 0.714. The average Bonchev–Trinajstić information content (AvgIpc) is 2.94. The largest absolute Gasteiger partial charge is 0.392 e. The molecule has 0 aromatic rings. The van der Waals surface area contributed by atoms with Gasteiger partial charge in [-0.2, -0.15) is 0 Å². The van der Waals surface area contributed by atoms with E-state index < -0.39 is 0 Å². The van der Waals surface area contributed by atoms with Gasteiger partial charge in [0.25, 0.3) is 0 Å². The molecule has 5 atom stereocenters. The van der Waals surface area contributed by atoms with Gasteiger partial charge < -0.3 is 14.6 Å². The molecule has 1 fully saturated rings. The van der Waals surface area contributed by atoms with Crippen LogP contribution in [0.5, 0.6) is 0 Å². The summed E-state index contributed by atoms with van der Waals surface area (Å²) in [6.45, 7) is 9.31. The van der Waals surface area contributed by atoms with Gasteiger partial charge in [-0.3, -0.25) is 0 Å². The topological polar surface area (TPSA) is 38.7 Å². The Balaban J connectivity index is 2.26. The lowest BCUT2D eigenvalue weighted by Gasteiger charge is -2.35. The lowest BCUT2D eigenvalue weighted by molar-refractivity contribution is -0.133. The minimum Gasteiger partial charge on any atom is -0.392 e. The van der Waals surface area contributed by atoms with Crippen LogP contribution in [0.2, 0.25) is 0 Å². The number of allylic oxidation sites excluding steroid dienone is 4. The molecule has 0 unspecified atom stereocenters. The molecular formula is C21H34O3. The molecule has 0 aromatic heterocycles. The summed E-state index contributed by atoms with van der Waals surface area (Å²) in [7, 11) is 1.71. The number of aliphatic hydroxyl groups excluding tert-OH is 1. The summed E-state index contributed by atoms with van der Waals surface area (Å²) in [5.41, 5.74) is 3.98. The number of rotatable bonds is 5. The van der Waals surface area contributed by atoms with Crippen molar-refractivity contribution in [3.63, 3.8) is 0 Å². The van der Waals surface area contributed by atoms with Crippen LogP contribution < -0.4 is 0 Å². The van der Waals surface area contributed by atoms with E-state index in [4.69, 9.17) is 9.47 Å². The molecule has 1 heterocycles. The van der Waals surface area contributed by atoms with Crippen molar-refractivity contribution in [2.75, 3.05) is 13.7 Å². The quantitative estimate of drug-likeness (QED) is 0.745. The van der Waals surface area contributed by atoms with Crippen LogP contribution in [0.15, 0.2) is 34.9 Å². The molecule has 1 saturated heterocycles. The van der Waals surface area contributed by atoms with Gasteiger partial charge in [0.15, 0.2) is 6.29 Å². The third kappa shape index (κ3) is 4.81. The van der Waals surface area contributed by atoms with E-state index in [1.165, 1.54) is 16.7 Å². The van der Waals surface area contributed by atoms with E-state index in [0.29, 0.717) is 12.5 Å². The standard InChI is InChI=1S/C21H34O3/c1-14(2)7-6-8-16(4)19-18(22)12-10-15(3)9-11-17-13-24-21(23-5)20(17)19/h7,10-11,16,18-22H,6,8-9,12-13H2,1-5H3/b15-10+,17-11+/t16-,18-,19-,20-,21+/m1/s1. The molecule has 0 bridgehead atoms. The minimum atomic E-state index is -0.354. The van der Waals surface area contributed by atoms with E-state index in [-0.39, 0.29) is 24.2 Å². The number of fused-ring (bicyclic) bond motifs is 1. The molecule has 0 saturated carbocycles. The summed E-state index contributed by atoms with van der Waals surface area (Å²) in [5.74, 6) is 0.734. The summed E-state index contributed by atoms with van der Waals surface area (Å²) >= 11 is 0.